The highest BCUT2D eigenvalue weighted by atomic mass is 32.2. The molecule has 0 heterocycles. The summed E-state index contributed by atoms with van der Waals surface area (Å²) in [6.45, 7) is 3.33. The lowest BCUT2D eigenvalue weighted by Crippen LogP contribution is -2.20. The molecule has 9 nitrogen and oxygen atoms in total. The van der Waals surface area contributed by atoms with Crippen molar-refractivity contribution in [1.82, 2.24) is 0 Å². The first kappa shape index (κ1) is 23.5. The third-order valence-electron chi connectivity index (χ3n) is 3.79. The molecule has 0 spiro atoms. The number of benzene rings is 2. The largest absolute Gasteiger partial charge is 0.382 e. The van der Waals surface area contributed by atoms with Crippen LogP contribution < -0.4 is 19.0 Å². The fourth-order valence-electron chi connectivity index (χ4n) is 2.23. The fraction of sp³-hybridized carbons (Fsp3) is 0.316. The molecule has 0 radical (unpaired) electrons. The van der Waals surface area contributed by atoms with Gasteiger partial charge in [0.25, 0.3) is 0 Å². The molecule has 2 amide bonds. The Hall–Kier alpha value is -2.79. The third kappa shape index (κ3) is 7.56. The molecule has 2 rings (SSSR count). The molecule has 0 saturated carbocycles. The minimum Gasteiger partial charge on any atom is -0.382 e. The molecule has 0 unspecified atom stereocenters. The van der Waals surface area contributed by atoms with Gasteiger partial charge in [0.15, 0.2) is 5.75 Å². The van der Waals surface area contributed by atoms with Gasteiger partial charge in [-0.2, -0.15) is 16.8 Å². The Kier molecular flexibility index (Phi) is 8.07. The first-order valence-electron chi connectivity index (χ1n) is 9.25. The number of urea groups is 1. The quantitative estimate of drug-likeness (QED) is 0.523. The van der Waals surface area contributed by atoms with E-state index >= 15 is 0 Å². The summed E-state index contributed by atoms with van der Waals surface area (Å²) in [6, 6.07) is 11.3. The van der Waals surface area contributed by atoms with Crippen LogP contribution in [-0.4, -0.2) is 34.4 Å². The van der Waals surface area contributed by atoms with Crippen LogP contribution in [0.2, 0.25) is 0 Å². The van der Waals surface area contributed by atoms with Crippen LogP contribution in [0.25, 0.3) is 0 Å². The van der Waals surface area contributed by atoms with E-state index in [-0.39, 0.29) is 28.7 Å². The summed E-state index contributed by atoms with van der Waals surface area (Å²) in [5.74, 6) is -0.145. The van der Waals surface area contributed by atoms with Crippen LogP contribution >= 0.6 is 0 Å². The molecule has 0 aliphatic carbocycles. The van der Waals surface area contributed by atoms with Crippen molar-refractivity contribution in [2.45, 2.75) is 26.7 Å². The maximum absolute atomic E-state index is 12.2. The molecule has 2 N–H and O–H groups in total. The van der Waals surface area contributed by atoms with Crippen LogP contribution in [0.5, 0.6) is 11.5 Å². The van der Waals surface area contributed by atoms with E-state index in [9.17, 15) is 21.6 Å². The Morgan fingerprint density at radius 3 is 2.17 bits per heavy atom. The monoisotopic (exact) mass is 456 g/mol. The molecule has 2 aromatic carbocycles. The zero-order valence-corrected chi connectivity index (χ0v) is 18.3. The van der Waals surface area contributed by atoms with Crippen molar-refractivity contribution in [2.75, 3.05) is 22.1 Å². The van der Waals surface area contributed by atoms with Crippen LogP contribution in [0.1, 0.15) is 26.7 Å². The van der Waals surface area contributed by atoms with Crippen LogP contribution in [0, 0.1) is 0 Å². The Morgan fingerprint density at radius 1 is 0.867 bits per heavy atom. The van der Waals surface area contributed by atoms with Gasteiger partial charge in [0, 0.05) is 5.69 Å². The predicted molar refractivity (Wildman–Crippen MR) is 115 cm³/mol. The zero-order chi connectivity index (χ0) is 22.2. The van der Waals surface area contributed by atoms with Crippen LogP contribution in [-0.2, 0) is 20.2 Å². The van der Waals surface area contributed by atoms with Crippen molar-refractivity contribution in [3.8, 4) is 11.5 Å². The summed E-state index contributed by atoms with van der Waals surface area (Å²) < 4.78 is 57.0. The lowest BCUT2D eigenvalue weighted by atomic mass is 10.3. The number of rotatable bonds is 10. The molecule has 0 aromatic heterocycles. The van der Waals surface area contributed by atoms with Gasteiger partial charge in [-0.15, -0.1) is 0 Å². The number of unbranched alkanes of at least 4 members (excludes halogenated alkanes) is 1. The highest BCUT2D eigenvalue weighted by Gasteiger charge is 2.15. The third-order valence-corrected chi connectivity index (χ3v) is 6.16. The Bertz CT molecular complexity index is 1070. The summed E-state index contributed by atoms with van der Waals surface area (Å²) in [7, 11) is -7.41. The number of hydrogen-bond acceptors (Lipinski definition) is 7. The number of carbonyl (C=O) groups is 1. The molecule has 0 saturated heterocycles. The average molecular weight is 457 g/mol. The SMILES string of the molecule is CCCCS(=O)(=O)Oc1ccc(NC(=O)Nc2ccccc2OS(=O)(=O)CC)cc1. The zero-order valence-electron chi connectivity index (χ0n) is 16.6. The van der Waals surface area contributed by atoms with Crippen LogP contribution in [0.4, 0.5) is 16.2 Å². The second-order valence-corrected chi connectivity index (χ2v) is 9.78. The summed E-state index contributed by atoms with van der Waals surface area (Å²) in [5.41, 5.74) is 0.555. The molecule has 164 valence electrons. The first-order chi connectivity index (χ1) is 14.1. The van der Waals surface area contributed by atoms with Gasteiger partial charge >= 0.3 is 26.3 Å². The van der Waals surface area contributed by atoms with Crippen LogP contribution in [0.15, 0.2) is 48.5 Å². The van der Waals surface area contributed by atoms with Crippen molar-refractivity contribution in [1.29, 1.82) is 0 Å². The average Bonchev–Trinajstić information content (AvgIpc) is 2.69. The number of amides is 2. The van der Waals surface area contributed by atoms with E-state index in [2.05, 4.69) is 10.6 Å². The van der Waals surface area contributed by atoms with Gasteiger partial charge in [-0.1, -0.05) is 25.5 Å². The summed E-state index contributed by atoms with van der Waals surface area (Å²) in [5, 5.41) is 5.07. The van der Waals surface area contributed by atoms with E-state index in [1.165, 1.54) is 43.3 Å². The van der Waals surface area contributed by atoms with E-state index in [0.717, 1.165) is 6.42 Å². The summed E-state index contributed by atoms with van der Waals surface area (Å²) >= 11 is 0. The van der Waals surface area contributed by atoms with Gasteiger partial charge in [-0.25, -0.2) is 4.79 Å². The van der Waals surface area contributed by atoms with Crippen molar-refractivity contribution < 1.29 is 30.0 Å². The number of nitrogens with one attached hydrogen (secondary N) is 2. The highest BCUT2D eigenvalue weighted by Crippen LogP contribution is 2.26. The lowest BCUT2D eigenvalue weighted by Gasteiger charge is -2.12. The standard InChI is InChI=1S/C19H24N2O7S2/c1-3-5-14-30(25,26)27-16-12-10-15(11-13-16)20-19(22)21-17-8-6-7-9-18(17)28-29(23,24)4-2/h6-13H,3-5,14H2,1-2H3,(H2,20,21,22). The molecule has 2 aromatic rings. The van der Waals surface area contributed by atoms with E-state index in [0.29, 0.717) is 12.1 Å². The first-order valence-corrected chi connectivity index (χ1v) is 12.4. The number of carbonyl (C=O) groups excluding carboxylic acids is 1. The molecular formula is C19H24N2O7S2. The second-order valence-electron chi connectivity index (χ2n) is 6.23. The molecular weight excluding hydrogens is 432 g/mol. The van der Waals surface area contributed by atoms with Crippen molar-refractivity contribution >= 4 is 37.6 Å². The highest BCUT2D eigenvalue weighted by molar-refractivity contribution is 7.87. The minimum atomic E-state index is -3.75. The summed E-state index contributed by atoms with van der Waals surface area (Å²) in [6.07, 6.45) is 1.24. The molecule has 0 bridgehead atoms. The molecule has 0 aliphatic heterocycles. The molecule has 11 heteroatoms. The maximum atomic E-state index is 12.2. The lowest BCUT2D eigenvalue weighted by molar-refractivity contribution is 0.262. The van der Waals surface area contributed by atoms with Crippen molar-refractivity contribution in [3.63, 3.8) is 0 Å². The van der Waals surface area contributed by atoms with Gasteiger partial charge in [0.1, 0.15) is 5.75 Å². The Balaban J connectivity index is 2.01. The van der Waals surface area contributed by atoms with E-state index in [1.54, 1.807) is 12.1 Å². The summed E-state index contributed by atoms with van der Waals surface area (Å²) in [4.78, 5) is 12.2. The van der Waals surface area contributed by atoms with E-state index < -0.39 is 26.3 Å². The smallest absolute Gasteiger partial charge is 0.323 e. The number of para-hydroxylation sites is 2. The number of anilines is 2. The number of hydrogen-bond donors (Lipinski definition) is 2. The van der Waals surface area contributed by atoms with Gasteiger partial charge in [0.2, 0.25) is 0 Å². The normalized spacial score (nSPS) is 11.5. The van der Waals surface area contributed by atoms with E-state index in [1.807, 2.05) is 6.92 Å². The molecule has 0 aliphatic rings. The predicted octanol–water partition coefficient (Wildman–Crippen LogP) is 3.57. The molecule has 30 heavy (non-hydrogen) atoms. The van der Waals surface area contributed by atoms with Gasteiger partial charge < -0.3 is 19.0 Å². The van der Waals surface area contributed by atoms with Gasteiger partial charge in [0.05, 0.1) is 17.2 Å². The van der Waals surface area contributed by atoms with Gasteiger partial charge in [-0.3, -0.25) is 0 Å². The Morgan fingerprint density at radius 2 is 1.53 bits per heavy atom. The Labute approximate surface area is 176 Å². The molecule has 0 fully saturated rings. The second kappa shape index (κ2) is 10.3. The minimum absolute atomic E-state index is 0.00414. The van der Waals surface area contributed by atoms with Crippen molar-refractivity contribution in [3.05, 3.63) is 48.5 Å². The maximum Gasteiger partial charge on any atom is 0.323 e. The molecule has 0 atom stereocenters. The fourth-order valence-corrected chi connectivity index (χ4v) is 3.89. The van der Waals surface area contributed by atoms with Gasteiger partial charge in [-0.05, 0) is 49.7 Å². The van der Waals surface area contributed by atoms with Crippen molar-refractivity contribution in [2.24, 2.45) is 0 Å². The topological polar surface area (TPSA) is 128 Å². The van der Waals surface area contributed by atoms with Crippen LogP contribution in [0.3, 0.4) is 0 Å². The van der Waals surface area contributed by atoms with E-state index in [4.69, 9.17) is 8.37 Å².